The quantitative estimate of drug-likeness (QED) is 0.265. The first-order valence-electron chi connectivity index (χ1n) is 11.7. The summed E-state index contributed by atoms with van der Waals surface area (Å²) in [6, 6.07) is -0.621. The highest BCUT2D eigenvalue weighted by atomic mass is 32.2. The van der Waals surface area contributed by atoms with Gasteiger partial charge in [0.2, 0.25) is 11.8 Å². The Morgan fingerprint density at radius 3 is 2.55 bits per heavy atom. The van der Waals surface area contributed by atoms with Gasteiger partial charge in [0.1, 0.15) is 12.2 Å². The minimum Gasteiger partial charge on any atom is -0.477 e. The predicted molar refractivity (Wildman–Crippen MR) is 122 cm³/mol. The molecule has 0 spiro atoms. The number of thioether (sulfide) groups is 1. The van der Waals surface area contributed by atoms with Crippen molar-refractivity contribution in [3.63, 3.8) is 0 Å². The SMILES string of the molecule is CC(O)C1C(=O)N2C(C(=O)O)=C(SC3CNC(C(=O)N4CC[N+](C)(CCO)CC4)C3)C(C)C12. The first-order chi connectivity index (χ1) is 15.6. The average molecular weight is 484 g/mol. The molecule has 184 valence electrons. The smallest absolute Gasteiger partial charge is 0.353 e. The monoisotopic (exact) mass is 483 g/mol. The molecule has 4 N–H and O–H groups in total. The number of carbonyl (C=O) groups is 3. The lowest BCUT2D eigenvalue weighted by molar-refractivity contribution is -0.913. The minimum absolute atomic E-state index is 0.0322. The van der Waals surface area contributed by atoms with Crippen LogP contribution in [0.25, 0.3) is 0 Å². The van der Waals surface area contributed by atoms with Crippen molar-refractivity contribution >= 4 is 29.5 Å². The molecule has 0 saturated carbocycles. The zero-order valence-electron chi connectivity index (χ0n) is 19.4. The molecule has 2 amide bonds. The van der Waals surface area contributed by atoms with Gasteiger partial charge in [0.25, 0.3) is 0 Å². The van der Waals surface area contributed by atoms with E-state index in [1.54, 1.807) is 6.92 Å². The van der Waals surface area contributed by atoms with Crippen molar-refractivity contribution < 1.29 is 34.2 Å². The van der Waals surface area contributed by atoms with Gasteiger partial charge in [-0.3, -0.25) is 9.59 Å². The van der Waals surface area contributed by atoms with Crippen LogP contribution in [0.2, 0.25) is 0 Å². The normalized spacial score (nSPS) is 34.3. The van der Waals surface area contributed by atoms with Gasteiger partial charge in [0, 0.05) is 22.6 Å². The van der Waals surface area contributed by atoms with Crippen LogP contribution in [-0.4, -0.2) is 124 Å². The summed E-state index contributed by atoms with van der Waals surface area (Å²) in [5.41, 5.74) is 0.0335. The highest BCUT2D eigenvalue weighted by Crippen LogP contribution is 2.51. The number of nitrogens with zero attached hydrogens (tertiary/aromatic N) is 3. The second kappa shape index (κ2) is 9.18. The number of aliphatic hydroxyl groups is 2. The Balaban J connectivity index is 1.39. The molecule has 6 unspecified atom stereocenters. The van der Waals surface area contributed by atoms with Crippen molar-refractivity contribution in [2.45, 2.75) is 43.7 Å². The van der Waals surface area contributed by atoms with E-state index in [0.29, 0.717) is 37.5 Å². The number of fused-ring (bicyclic) bond motifs is 1. The summed E-state index contributed by atoms with van der Waals surface area (Å²) in [4.78, 5) is 41.5. The number of nitrogens with one attached hydrogen (secondary N) is 1. The molecule has 0 aliphatic carbocycles. The average Bonchev–Trinajstić information content (AvgIpc) is 3.30. The van der Waals surface area contributed by atoms with Crippen molar-refractivity contribution in [2.24, 2.45) is 11.8 Å². The summed E-state index contributed by atoms with van der Waals surface area (Å²) in [5.74, 6) is -2.12. The Hall–Kier alpha value is -1.66. The lowest BCUT2D eigenvalue weighted by Gasteiger charge is -2.46. The van der Waals surface area contributed by atoms with Gasteiger partial charge in [-0.25, -0.2) is 4.79 Å². The topological polar surface area (TPSA) is 130 Å². The van der Waals surface area contributed by atoms with E-state index in [4.69, 9.17) is 0 Å². The largest absolute Gasteiger partial charge is 0.477 e. The lowest BCUT2D eigenvalue weighted by atomic mass is 9.79. The lowest BCUT2D eigenvalue weighted by Crippen LogP contribution is -2.63. The van der Waals surface area contributed by atoms with Gasteiger partial charge in [-0.1, -0.05) is 6.92 Å². The van der Waals surface area contributed by atoms with Crippen LogP contribution in [0.4, 0.5) is 0 Å². The molecule has 4 heterocycles. The number of rotatable bonds is 7. The molecular weight excluding hydrogens is 448 g/mol. The predicted octanol–water partition coefficient (Wildman–Crippen LogP) is -1.12. The van der Waals surface area contributed by atoms with E-state index in [9.17, 15) is 29.7 Å². The van der Waals surface area contributed by atoms with Gasteiger partial charge in [-0.15, -0.1) is 11.8 Å². The fraction of sp³-hybridized carbons (Fsp3) is 0.773. The molecule has 0 radical (unpaired) electrons. The van der Waals surface area contributed by atoms with Gasteiger partial charge >= 0.3 is 5.97 Å². The van der Waals surface area contributed by atoms with Crippen LogP contribution in [0.5, 0.6) is 0 Å². The number of quaternary nitrogens is 1. The number of likely N-dealkylation sites (N-methyl/N-ethyl adjacent to an activating group) is 1. The molecule has 3 saturated heterocycles. The highest BCUT2D eigenvalue weighted by Gasteiger charge is 2.60. The second-order valence-corrected chi connectivity index (χ2v) is 11.4. The van der Waals surface area contributed by atoms with Crippen LogP contribution in [0, 0.1) is 11.8 Å². The number of carboxylic acid groups (broad SMARTS) is 1. The van der Waals surface area contributed by atoms with Gasteiger partial charge in [-0.05, 0) is 13.3 Å². The zero-order chi connectivity index (χ0) is 24.1. The van der Waals surface area contributed by atoms with Gasteiger partial charge < -0.3 is 34.9 Å². The summed E-state index contributed by atoms with van der Waals surface area (Å²) in [6.45, 7) is 7.87. The summed E-state index contributed by atoms with van der Waals surface area (Å²) in [5, 5.41) is 32.4. The van der Waals surface area contributed by atoms with E-state index < -0.39 is 18.0 Å². The first-order valence-corrected chi connectivity index (χ1v) is 12.6. The fourth-order valence-corrected chi connectivity index (χ4v) is 7.17. The van der Waals surface area contributed by atoms with E-state index in [1.807, 2.05) is 11.8 Å². The molecule has 0 aromatic heterocycles. The Kier molecular flexibility index (Phi) is 6.81. The minimum atomic E-state index is -1.12. The molecule has 4 rings (SSSR count). The first kappa shape index (κ1) is 24.5. The van der Waals surface area contributed by atoms with Crippen LogP contribution in [0.3, 0.4) is 0 Å². The molecule has 0 bridgehead atoms. The molecular formula is C22H35N4O6S+. The maximum Gasteiger partial charge on any atom is 0.353 e. The summed E-state index contributed by atoms with van der Waals surface area (Å²) < 4.78 is 0.769. The fourth-order valence-electron chi connectivity index (χ4n) is 5.69. The standard InChI is InChI=1S/C22H34N4O6S/c1-12-17-16(13(2)28)21(30)25(17)18(22(31)32)19(12)33-14-10-15(23-11-14)20(29)24-4-6-26(3,7-5-24)8-9-27/h12-17,23,27-28H,4-11H2,1-3H3/p+1. The molecule has 10 nitrogen and oxygen atoms in total. The van der Waals surface area contributed by atoms with Crippen LogP contribution >= 0.6 is 11.8 Å². The summed E-state index contributed by atoms with van der Waals surface area (Å²) in [7, 11) is 2.10. The maximum absolute atomic E-state index is 13.1. The van der Waals surface area contributed by atoms with Crippen molar-refractivity contribution in [2.75, 3.05) is 52.9 Å². The van der Waals surface area contributed by atoms with E-state index in [2.05, 4.69) is 12.4 Å². The number of aliphatic carboxylic acids is 1. The molecule has 3 fully saturated rings. The van der Waals surface area contributed by atoms with Crippen LogP contribution in [0.15, 0.2) is 10.6 Å². The van der Waals surface area contributed by atoms with Crippen LogP contribution in [0.1, 0.15) is 20.3 Å². The molecule has 6 atom stereocenters. The van der Waals surface area contributed by atoms with Gasteiger partial charge in [0.05, 0.1) is 63.9 Å². The van der Waals surface area contributed by atoms with Crippen molar-refractivity contribution in [1.82, 2.24) is 15.1 Å². The Labute approximate surface area is 198 Å². The molecule has 33 heavy (non-hydrogen) atoms. The number of hydrogen-bond acceptors (Lipinski definition) is 7. The summed E-state index contributed by atoms with van der Waals surface area (Å²) >= 11 is 1.46. The third kappa shape index (κ3) is 4.29. The van der Waals surface area contributed by atoms with Crippen molar-refractivity contribution in [1.29, 1.82) is 0 Å². The van der Waals surface area contributed by atoms with Gasteiger partial charge in [-0.2, -0.15) is 0 Å². The van der Waals surface area contributed by atoms with E-state index >= 15 is 0 Å². The van der Waals surface area contributed by atoms with Crippen molar-refractivity contribution in [3.05, 3.63) is 10.6 Å². The van der Waals surface area contributed by atoms with E-state index in [0.717, 1.165) is 17.6 Å². The Morgan fingerprint density at radius 2 is 1.97 bits per heavy atom. The number of β-lactam (4-membered cyclic amide) rings is 1. The van der Waals surface area contributed by atoms with E-state index in [1.165, 1.54) is 16.7 Å². The molecule has 4 aliphatic heterocycles. The maximum atomic E-state index is 13.1. The zero-order valence-corrected chi connectivity index (χ0v) is 20.3. The van der Waals surface area contributed by atoms with Crippen molar-refractivity contribution in [3.8, 4) is 0 Å². The van der Waals surface area contributed by atoms with Crippen LogP contribution in [-0.2, 0) is 14.4 Å². The molecule has 4 aliphatic rings. The number of amides is 2. The molecule has 11 heteroatoms. The van der Waals surface area contributed by atoms with Gasteiger partial charge in [0.15, 0.2) is 0 Å². The van der Waals surface area contributed by atoms with E-state index in [-0.39, 0.29) is 47.4 Å². The highest BCUT2D eigenvalue weighted by molar-refractivity contribution is 8.03. The third-order valence-electron chi connectivity index (χ3n) is 7.76. The molecule has 0 aromatic carbocycles. The third-order valence-corrected chi connectivity index (χ3v) is 9.28. The number of carbonyl (C=O) groups excluding carboxylic acids is 2. The second-order valence-electron chi connectivity index (χ2n) is 10.0. The Morgan fingerprint density at radius 1 is 1.30 bits per heavy atom. The number of aliphatic hydroxyl groups excluding tert-OH is 2. The molecule has 0 aromatic rings. The number of carboxylic acids is 1. The number of piperazine rings is 1. The van der Waals surface area contributed by atoms with Crippen LogP contribution < -0.4 is 5.32 Å². The number of hydrogen-bond donors (Lipinski definition) is 4. The Bertz CT molecular complexity index is 856. The summed E-state index contributed by atoms with van der Waals surface area (Å²) in [6.07, 6.45) is -0.220.